The molecule has 8 heteroatoms. The summed E-state index contributed by atoms with van der Waals surface area (Å²) in [7, 11) is 4.43. The molecule has 0 atom stereocenters. The Kier molecular flexibility index (Phi) is 6.21. The molecule has 128 valence electrons. The Bertz CT molecular complexity index is 783. The number of anilines is 1. The lowest BCUT2D eigenvalue weighted by Gasteiger charge is -2.16. The van der Waals surface area contributed by atoms with Gasteiger partial charge in [0.2, 0.25) is 5.75 Å². The van der Waals surface area contributed by atoms with Gasteiger partial charge in [-0.05, 0) is 40.2 Å². The van der Waals surface area contributed by atoms with E-state index in [1.165, 1.54) is 21.3 Å². The summed E-state index contributed by atoms with van der Waals surface area (Å²) in [6.07, 6.45) is 0. The van der Waals surface area contributed by atoms with Gasteiger partial charge in [0.25, 0.3) is 5.91 Å². The standard InChI is InChI=1S/C16H14BrCl2NO4/c1-22-12-7-9(13(17)15(24-3)14(12)23-2)16(21)20-11-5-4-8(18)6-10(11)19/h4-7H,1-3H3,(H,20,21). The van der Waals surface area contributed by atoms with Gasteiger partial charge in [-0.15, -0.1) is 0 Å². The molecular formula is C16H14BrCl2NO4. The van der Waals surface area contributed by atoms with E-state index in [-0.39, 0.29) is 0 Å². The van der Waals surface area contributed by atoms with Crippen molar-refractivity contribution in [3.05, 3.63) is 44.3 Å². The number of hydrogen-bond donors (Lipinski definition) is 1. The van der Waals surface area contributed by atoms with Crippen LogP contribution in [0.5, 0.6) is 17.2 Å². The first kappa shape index (κ1) is 18.7. The summed E-state index contributed by atoms with van der Waals surface area (Å²) < 4.78 is 16.3. The zero-order valence-corrected chi connectivity index (χ0v) is 16.2. The molecule has 2 rings (SSSR count). The summed E-state index contributed by atoms with van der Waals surface area (Å²) >= 11 is 15.3. The third kappa shape index (κ3) is 3.71. The summed E-state index contributed by atoms with van der Waals surface area (Å²) in [4.78, 5) is 12.6. The quantitative estimate of drug-likeness (QED) is 0.716. The molecule has 2 aromatic rings. The van der Waals surface area contributed by atoms with E-state index < -0.39 is 5.91 Å². The van der Waals surface area contributed by atoms with Crippen molar-refractivity contribution in [2.45, 2.75) is 0 Å². The average molecular weight is 435 g/mol. The third-order valence-corrected chi connectivity index (χ3v) is 4.53. The highest BCUT2D eigenvalue weighted by Gasteiger charge is 2.23. The van der Waals surface area contributed by atoms with E-state index in [1.54, 1.807) is 24.3 Å². The van der Waals surface area contributed by atoms with Gasteiger partial charge >= 0.3 is 0 Å². The summed E-state index contributed by atoms with van der Waals surface area (Å²) in [5, 5.41) is 3.53. The molecule has 0 saturated heterocycles. The number of rotatable bonds is 5. The zero-order chi connectivity index (χ0) is 17.9. The first-order valence-corrected chi connectivity index (χ1v) is 8.22. The van der Waals surface area contributed by atoms with E-state index >= 15 is 0 Å². The molecule has 0 saturated carbocycles. The van der Waals surface area contributed by atoms with Gasteiger partial charge in [-0.25, -0.2) is 0 Å². The van der Waals surface area contributed by atoms with E-state index in [4.69, 9.17) is 37.4 Å². The monoisotopic (exact) mass is 433 g/mol. The van der Waals surface area contributed by atoms with Crippen LogP contribution in [0.15, 0.2) is 28.7 Å². The lowest BCUT2D eigenvalue weighted by atomic mass is 10.1. The molecule has 0 radical (unpaired) electrons. The van der Waals surface area contributed by atoms with Crippen molar-refractivity contribution in [1.82, 2.24) is 0 Å². The van der Waals surface area contributed by atoms with Gasteiger partial charge in [0.1, 0.15) is 0 Å². The van der Waals surface area contributed by atoms with Crippen LogP contribution >= 0.6 is 39.1 Å². The molecule has 0 unspecified atom stereocenters. The molecule has 0 bridgehead atoms. The highest BCUT2D eigenvalue weighted by molar-refractivity contribution is 9.10. The second-order valence-corrected chi connectivity index (χ2v) is 6.22. The molecule has 1 amide bonds. The Balaban J connectivity index is 2.45. The van der Waals surface area contributed by atoms with Crippen molar-refractivity contribution in [2.75, 3.05) is 26.6 Å². The molecular weight excluding hydrogens is 421 g/mol. The second-order valence-electron chi connectivity index (χ2n) is 4.59. The van der Waals surface area contributed by atoms with Crippen LogP contribution in [0.4, 0.5) is 5.69 Å². The van der Waals surface area contributed by atoms with Crippen molar-refractivity contribution in [1.29, 1.82) is 0 Å². The van der Waals surface area contributed by atoms with Gasteiger partial charge in [0.15, 0.2) is 11.5 Å². The minimum absolute atomic E-state index is 0.301. The van der Waals surface area contributed by atoms with Gasteiger partial charge in [0.05, 0.1) is 42.1 Å². The number of methoxy groups -OCH3 is 3. The van der Waals surface area contributed by atoms with Gasteiger partial charge < -0.3 is 19.5 Å². The number of benzene rings is 2. The number of halogens is 3. The highest BCUT2D eigenvalue weighted by Crippen LogP contribution is 2.45. The maximum absolute atomic E-state index is 12.6. The summed E-state index contributed by atoms with van der Waals surface area (Å²) in [6.45, 7) is 0. The fourth-order valence-electron chi connectivity index (χ4n) is 2.07. The van der Waals surface area contributed by atoms with Crippen LogP contribution in [0.25, 0.3) is 0 Å². The number of carbonyl (C=O) groups excluding carboxylic acids is 1. The number of hydrogen-bond acceptors (Lipinski definition) is 4. The molecule has 2 aromatic carbocycles. The van der Waals surface area contributed by atoms with Gasteiger partial charge in [-0.2, -0.15) is 0 Å². The third-order valence-electron chi connectivity index (χ3n) is 3.19. The molecule has 0 aliphatic rings. The fourth-order valence-corrected chi connectivity index (χ4v) is 3.16. The predicted molar refractivity (Wildman–Crippen MR) is 98.2 cm³/mol. The van der Waals surface area contributed by atoms with Crippen molar-refractivity contribution >= 4 is 50.7 Å². The second kappa shape index (κ2) is 7.96. The van der Waals surface area contributed by atoms with Gasteiger partial charge in [0, 0.05) is 5.02 Å². The molecule has 0 fully saturated rings. The molecule has 5 nitrogen and oxygen atoms in total. The van der Waals surface area contributed by atoms with Gasteiger partial charge in [-0.1, -0.05) is 23.2 Å². The van der Waals surface area contributed by atoms with E-state index in [2.05, 4.69) is 21.2 Å². The zero-order valence-electron chi connectivity index (χ0n) is 13.1. The van der Waals surface area contributed by atoms with Crippen LogP contribution < -0.4 is 19.5 Å². The Morgan fingerprint density at radius 2 is 1.71 bits per heavy atom. The maximum Gasteiger partial charge on any atom is 0.257 e. The largest absolute Gasteiger partial charge is 0.493 e. The Morgan fingerprint density at radius 3 is 2.25 bits per heavy atom. The van der Waals surface area contributed by atoms with Crippen LogP contribution in [0.1, 0.15) is 10.4 Å². The van der Waals surface area contributed by atoms with Crippen molar-refractivity contribution < 1.29 is 19.0 Å². The number of nitrogens with one attached hydrogen (secondary N) is 1. The van der Waals surface area contributed by atoms with E-state index in [9.17, 15) is 4.79 Å². The lowest BCUT2D eigenvalue weighted by Crippen LogP contribution is -2.14. The summed E-state index contributed by atoms with van der Waals surface area (Å²) in [5.41, 5.74) is 0.738. The molecule has 0 aromatic heterocycles. The van der Waals surface area contributed by atoms with Crippen LogP contribution in [-0.2, 0) is 0 Å². The molecule has 0 heterocycles. The van der Waals surface area contributed by atoms with Crippen LogP contribution in [0.2, 0.25) is 10.0 Å². The van der Waals surface area contributed by atoms with Crippen molar-refractivity contribution in [3.8, 4) is 17.2 Å². The minimum atomic E-state index is -0.398. The Labute approximate surface area is 157 Å². The van der Waals surface area contributed by atoms with E-state index in [0.29, 0.717) is 43.0 Å². The average Bonchev–Trinajstić information content (AvgIpc) is 2.56. The molecule has 0 aliphatic heterocycles. The van der Waals surface area contributed by atoms with Crippen molar-refractivity contribution in [2.24, 2.45) is 0 Å². The van der Waals surface area contributed by atoms with E-state index in [1.807, 2.05) is 0 Å². The first-order chi connectivity index (χ1) is 11.4. The maximum atomic E-state index is 12.6. The predicted octanol–water partition coefficient (Wildman–Crippen LogP) is 5.03. The SMILES string of the molecule is COc1cc(C(=O)Nc2ccc(Cl)cc2Cl)c(Br)c(OC)c1OC. The summed E-state index contributed by atoms with van der Waals surface area (Å²) in [6, 6.07) is 6.34. The molecule has 24 heavy (non-hydrogen) atoms. The van der Waals surface area contributed by atoms with E-state index in [0.717, 1.165) is 0 Å². The topological polar surface area (TPSA) is 56.8 Å². The van der Waals surface area contributed by atoms with Gasteiger partial charge in [-0.3, -0.25) is 4.79 Å². The van der Waals surface area contributed by atoms with Crippen LogP contribution in [0, 0.1) is 0 Å². The normalized spacial score (nSPS) is 10.2. The smallest absolute Gasteiger partial charge is 0.257 e. The summed E-state index contributed by atoms with van der Waals surface area (Å²) in [5.74, 6) is 0.701. The van der Waals surface area contributed by atoms with Crippen molar-refractivity contribution in [3.63, 3.8) is 0 Å². The van der Waals surface area contributed by atoms with Crippen LogP contribution in [-0.4, -0.2) is 27.2 Å². The first-order valence-electron chi connectivity index (χ1n) is 6.67. The van der Waals surface area contributed by atoms with Crippen LogP contribution in [0.3, 0.4) is 0 Å². The molecule has 0 aliphatic carbocycles. The number of carbonyl (C=O) groups is 1. The fraction of sp³-hybridized carbons (Fsp3) is 0.188. The Morgan fingerprint density at radius 1 is 1.04 bits per heavy atom. The molecule has 1 N–H and O–H groups in total. The number of amides is 1. The Hall–Kier alpha value is -1.63. The molecule has 0 spiro atoms. The number of ether oxygens (including phenoxy) is 3. The highest BCUT2D eigenvalue weighted by atomic mass is 79.9. The lowest BCUT2D eigenvalue weighted by molar-refractivity contribution is 0.102. The minimum Gasteiger partial charge on any atom is -0.493 e.